The second kappa shape index (κ2) is 6.06. The van der Waals surface area contributed by atoms with E-state index in [4.69, 9.17) is 0 Å². The molecule has 144 valence electrons. The third-order valence-electron chi connectivity index (χ3n) is 9.72. The fourth-order valence-electron chi connectivity index (χ4n) is 7.87. The first-order valence-corrected chi connectivity index (χ1v) is 11.2. The zero-order valence-electron chi connectivity index (χ0n) is 17.2. The van der Waals surface area contributed by atoms with E-state index in [0.717, 1.165) is 42.9 Å². The molecule has 0 saturated heterocycles. The average Bonchev–Trinajstić information content (AvgIpc) is 2.98. The van der Waals surface area contributed by atoms with E-state index in [1.54, 1.807) is 0 Å². The number of allylic oxidation sites excluding steroid dienone is 1. The molecule has 4 aliphatic rings. The average molecular weight is 363 g/mol. The molecule has 0 heterocycles. The van der Waals surface area contributed by atoms with Crippen molar-refractivity contribution in [2.75, 3.05) is 0 Å². The van der Waals surface area contributed by atoms with Crippen molar-refractivity contribution in [2.24, 2.45) is 34.5 Å². The number of hydrogen-bond acceptors (Lipinski definition) is 1. The molecule has 0 unspecified atom stereocenters. The predicted molar refractivity (Wildman–Crippen MR) is 110 cm³/mol. The Balaban J connectivity index is 1.63. The molecule has 0 aromatic heterocycles. The Labute approximate surface area is 164 Å². The number of fused-ring (bicyclic) bond motifs is 5. The predicted octanol–water partition coefficient (Wildman–Crippen LogP) is 6.55. The van der Waals surface area contributed by atoms with Crippen LogP contribution in [-0.4, -0.2) is 5.78 Å². The highest BCUT2D eigenvalue weighted by Gasteiger charge is 2.60. The van der Waals surface area contributed by atoms with Crippen LogP contribution in [-0.2, 0) is 4.79 Å². The van der Waals surface area contributed by atoms with Crippen LogP contribution in [0.15, 0.2) is 42.0 Å². The molecule has 0 amide bonds. The second-order valence-electron chi connectivity index (χ2n) is 10.6. The first-order chi connectivity index (χ1) is 12.9. The lowest BCUT2D eigenvalue weighted by molar-refractivity contribution is -0.117. The van der Waals surface area contributed by atoms with Gasteiger partial charge in [0.15, 0.2) is 5.78 Å². The summed E-state index contributed by atoms with van der Waals surface area (Å²) in [5.74, 6) is 4.20. The molecule has 1 nitrogen and oxygen atoms in total. The van der Waals surface area contributed by atoms with Crippen molar-refractivity contribution in [3.8, 4) is 0 Å². The molecule has 0 aliphatic heterocycles. The van der Waals surface area contributed by atoms with E-state index in [9.17, 15) is 4.79 Å². The molecule has 1 aromatic rings. The molecular formula is C26H34O. The van der Waals surface area contributed by atoms with Gasteiger partial charge in [0, 0.05) is 6.42 Å². The zero-order valence-corrected chi connectivity index (χ0v) is 17.2. The normalized spacial score (nSPS) is 46.3. The van der Waals surface area contributed by atoms with Crippen LogP contribution in [0.2, 0.25) is 0 Å². The van der Waals surface area contributed by atoms with Crippen LogP contribution < -0.4 is 0 Å². The fourth-order valence-corrected chi connectivity index (χ4v) is 7.87. The molecule has 3 saturated carbocycles. The lowest BCUT2D eigenvalue weighted by Crippen LogP contribution is -2.52. The largest absolute Gasteiger partial charge is 0.295 e. The standard InChI is InChI=1S/C26H34O/c1-17-9-10-22-24-21(18-7-5-4-6-8-18)16-19-15-20(27)11-13-26(19,3)23(24)12-14-25(17,22)2/h4-8,15,17,21-24H,9-14,16H2,1-3H3/t17-,21-,22-,23-,24-,25+,26-/m0/s1. The van der Waals surface area contributed by atoms with Gasteiger partial charge in [0.1, 0.15) is 0 Å². The summed E-state index contributed by atoms with van der Waals surface area (Å²) >= 11 is 0. The minimum atomic E-state index is 0.261. The van der Waals surface area contributed by atoms with Gasteiger partial charge < -0.3 is 0 Å². The molecule has 0 bridgehead atoms. The molecule has 1 aromatic carbocycles. The molecule has 5 rings (SSSR count). The summed E-state index contributed by atoms with van der Waals surface area (Å²) in [5.41, 5.74) is 3.77. The van der Waals surface area contributed by atoms with Crippen LogP contribution in [0, 0.1) is 34.5 Å². The molecule has 0 N–H and O–H groups in total. The van der Waals surface area contributed by atoms with E-state index in [-0.39, 0.29) is 5.41 Å². The van der Waals surface area contributed by atoms with E-state index in [0.29, 0.717) is 17.1 Å². The number of carbonyl (C=O) groups is 1. The molecule has 0 radical (unpaired) electrons. The molecule has 4 aliphatic carbocycles. The SMILES string of the molecule is C[C@H]1CC[C@H]2[C@@H]3[C@H](c4ccccc4)CC4=CC(=O)CC[C@]4(C)[C@H]3CC[C@]12C. The van der Waals surface area contributed by atoms with Crippen molar-refractivity contribution >= 4 is 5.78 Å². The Morgan fingerprint density at radius 2 is 1.74 bits per heavy atom. The molecule has 1 heteroatoms. The van der Waals surface area contributed by atoms with E-state index in [2.05, 4.69) is 57.2 Å². The minimum Gasteiger partial charge on any atom is -0.295 e. The van der Waals surface area contributed by atoms with Crippen LogP contribution in [0.1, 0.15) is 77.2 Å². The van der Waals surface area contributed by atoms with Crippen molar-refractivity contribution in [1.29, 1.82) is 0 Å². The van der Waals surface area contributed by atoms with E-state index in [1.807, 2.05) is 0 Å². The summed E-state index contributed by atoms with van der Waals surface area (Å²) in [6.07, 6.45) is 10.6. The number of ketones is 1. The van der Waals surface area contributed by atoms with Gasteiger partial charge in [0.25, 0.3) is 0 Å². The van der Waals surface area contributed by atoms with Crippen molar-refractivity contribution in [2.45, 2.75) is 71.6 Å². The Morgan fingerprint density at radius 1 is 0.963 bits per heavy atom. The van der Waals surface area contributed by atoms with E-state index < -0.39 is 0 Å². The molecule has 27 heavy (non-hydrogen) atoms. The number of rotatable bonds is 1. The topological polar surface area (TPSA) is 17.1 Å². The van der Waals surface area contributed by atoms with Crippen molar-refractivity contribution < 1.29 is 4.79 Å². The maximum absolute atomic E-state index is 12.3. The van der Waals surface area contributed by atoms with Gasteiger partial charge in [-0.1, -0.05) is 56.7 Å². The summed E-state index contributed by atoms with van der Waals surface area (Å²) in [5, 5.41) is 0. The summed E-state index contributed by atoms with van der Waals surface area (Å²) in [6, 6.07) is 11.2. The van der Waals surface area contributed by atoms with Gasteiger partial charge >= 0.3 is 0 Å². The first-order valence-electron chi connectivity index (χ1n) is 11.2. The summed E-state index contributed by atoms with van der Waals surface area (Å²) in [4.78, 5) is 12.3. The Morgan fingerprint density at radius 3 is 2.52 bits per heavy atom. The second-order valence-corrected chi connectivity index (χ2v) is 10.6. The molecule has 0 spiro atoms. The lowest BCUT2D eigenvalue weighted by atomic mass is 9.44. The Kier molecular flexibility index (Phi) is 3.98. The Bertz CT molecular complexity index is 777. The van der Waals surface area contributed by atoms with Crippen LogP contribution in [0.3, 0.4) is 0 Å². The first kappa shape index (κ1) is 17.7. The maximum atomic E-state index is 12.3. The van der Waals surface area contributed by atoms with Crippen molar-refractivity contribution in [3.63, 3.8) is 0 Å². The monoisotopic (exact) mass is 362 g/mol. The highest BCUT2D eigenvalue weighted by Crippen LogP contribution is 2.69. The molecule has 3 fully saturated rings. The number of carbonyl (C=O) groups excluding carboxylic acids is 1. The van der Waals surface area contributed by atoms with Crippen LogP contribution in [0.5, 0.6) is 0 Å². The van der Waals surface area contributed by atoms with Gasteiger partial charge in [-0.15, -0.1) is 0 Å². The van der Waals surface area contributed by atoms with Crippen LogP contribution in [0.4, 0.5) is 0 Å². The summed E-state index contributed by atoms with van der Waals surface area (Å²) in [7, 11) is 0. The summed E-state index contributed by atoms with van der Waals surface area (Å²) in [6.45, 7) is 7.61. The van der Waals surface area contributed by atoms with E-state index in [1.165, 1.54) is 36.8 Å². The van der Waals surface area contributed by atoms with Crippen molar-refractivity contribution in [1.82, 2.24) is 0 Å². The highest BCUT2D eigenvalue weighted by molar-refractivity contribution is 5.91. The van der Waals surface area contributed by atoms with Crippen LogP contribution in [0.25, 0.3) is 0 Å². The Hall–Kier alpha value is -1.37. The van der Waals surface area contributed by atoms with Gasteiger partial charge in [0.05, 0.1) is 0 Å². The molecule has 7 atom stereocenters. The fraction of sp³-hybridized carbons (Fsp3) is 0.654. The zero-order chi connectivity index (χ0) is 18.8. The van der Waals surface area contributed by atoms with Gasteiger partial charge in [-0.05, 0) is 90.6 Å². The lowest BCUT2D eigenvalue weighted by Gasteiger charge is -2.60. The maximum Gasteiger partial charge on any atom is 0.155 e. The van der Waals surface area contributed by atoms with Gasteiger partial charge in [-0.25, -0.2) is 0 Å². The molecular weight excluding hydrogens is 328 g/mol. The van der Waals surface area contributed by atoms with Crippen molar-refractivity contribution in [3.05, 3.63) is 47.5 Å². The van der Waals surface area contributed by atoms with Gasteiger partial charge in [-0.2, -0.15) is 0 Å². The third kappa shape index (κ3) is 2.46. The minimum absolute atomic E-state index is 0.261. The number of hydrogen-bond donors (Lipinski definition) is 0. The van der Waals surface area contributed by atoms with Gasteiger partial charge in [-0.3, -0.25) is 4.79 Å². The smallest absolute Gasteiger partial charge is 0.155 e. The van der Waals surface area contributed by atoms with Crippen LogP contribution >= 0.6 is 0 Å². The highest BCUT2D eigenvalue weighted by atomic mass is 16.1. The van der Waals surface area contributed by atoms with E-state index >= 15 is 0 Å². The quantitative estimate of drug-likeness (QED) is 0.554. The third-order valence-corrected chi connectivity index (χ3v) is 9.72. The van der Waals surface area contributed by atoms with Gasteiger partial charge in [0.2, 0.25) is 0 Å². The summed E-state index contributed by atoms with van der Waals surface area (Å²) < 4.78 is 0. The number of benzene rings is 1.